The van der Waals surface area contributed by atoms with Crippen LogP contribution in [-0.2, 0) is 9.59 Å². The van der Waals surface area contributed by atoms with Gasteiger partial charge in [-0.05, 0) is 37.6 Å². The van der Waals surface area contributed by atoms with E-state index in [9.17, 15) is 14.0 Å². The molecule has 1 aromatic carbocycles. The number of benzene rings is 1. The number of carbonyl (C=O) groups is 2. The van der Waals surface area contributed by atoms with Gasteiger partial charge in [0, 0.05) is 18.8 Å². The highest BCUT2D eigenvalue weighted by Crippen LogP contribution is 2.25. The highest BCUT2D eigenvalue weighted by molar-refractivity contribution is 6.09. The van der Waals surface area contributed by atoms with Crippen molar-refractivity contribution >= 4 is 17.5 Å². The Bertz CT molecular complexity index is 459. The molecular formula is C13H15FN2O2. The highest BCUT2D eigenvalue weighted by atomic mass is 19.1. The maximum atomic E-state index is 12.8. The summed E-state index contributed by atoms with van der Waals surface area (Å²) in [5.74, 6) is -1.40. The number of rotatable bonds is 3. The van der Waals surface area contributed by atoms with E-state index in [1.54, 1.807) is 12.1 Å². The Morgan fingerprint density at radius 3 is 2.72 bits per heavy atom. The van der Waals surface area contributed by atoms with Crippen LogP contribution in [0.3, 0.4) is 0 Å². The van der Waals surface area contributed by atoms with Crippen molar-refractivity contribution in [3.8, 4) is 0 Å². The lowest BCUT2D eigenvalue weighted by molar-refractivity contribution is -0.132. The number of nitrogens with one attached hydrogen (secondary N) is 1. The SMILES string of the molecule is CCNC(=O)[C@H]1CCN(c2ccc(F)cc2)C1=O. The van der Waals surface area contributed by atoms with Crippen LogP contribution >= 0.6 is 0 Å². The van der Waals surface area contributed by atoms with Gasteiger partial charge in [0.1, 0.15) is 11.7 Å². The monoisotopic (exact) mass is 250 g/mol. The molecule has 96 valence electrons. The smallest absolute Gasteiger partial charge is 0.239 e. The average molecular weight is 250 g/mol. The predicted molar refractivity (Wildman–Crippen MR) is 65.5 cm³/mol. The van der Waals surface area contributed by atoms with Gasteiger partial charge in [-0.1, -0.05) is 0 Å². The summed E-state index contributed by atoms with van der Waals surface area (Å²) < 4.78 is 12.8. The molecule has 1 fully saturated rings. The van der Waals surface area contributed by atoms with Crippen molar-refractivity contribution in [2.24, 2.45) is 5.92 Å². The normalized spacial score (nSPS) is 19.1. The van der Waals surface area contributed by atoms with Gasteiger partial charge in [-0.25, -0.2) is 4.39 Å². The number of amides is 2. The highest BCUT2D eigenvalue weighted by Gasteiger charge is 2.37. The molecule has 0 saturated carbocycles. The second kappa shape index (κ2) is 5.16. The molecule has 2 amide bonds. The molecule has 0 unspecified atom stereocenters. The molecule has 5 heteroatoms. The van der Waals surface area contributed by atoms with E-state index in [4.69, 9.17) is 0 Å². The van der Waals surface area contributed by atoms with Crippen LogP contribution in [0, 0.1) is 11.7 Å². The van der Waals surface area contributed by atoms with E-state index >= 15 is 0 Å². The molecule has 18 heavy (non-hydrogen) atoms. The zero-order valence-electron chi connectivity index (χ0n) is 10.1. The minimum atomic E-state index is -0.616. The van der Waals surface area contributed by atoms with Crippen molar-refractivity contribution in [3.63, 3.8) is 0 Å². The van der Waals surface area contributed by atoms with Gasteiger partial charge in [0.05, 0.1) is 0 Å². The Hall–Kier alpha value is -1.91. The van der Waals surface area contributed by atoms with Gasteiger partial charge in [-0.3, -0.25) is 9.59 Å². The zero-order valence-corrected chi connectivity index (χ0v) is 10.1. The van der Waals surface area contributed by atoms with Gasteiger partial charge in [-0.2, -0.15) is 0 Å². The summed E-state index contributed by atoms with van der Waals surface area (Å²) in [4.78, 5) is 25.3. The summed E-state index contributed by atoms with van der Waals surface area (Å²) in [5.41, 5.74) is 0.633. The lowest BCUT2D eigenvalue weighted by Crippen LogP contribution is -2.36. The molecular weight excluding hydrogens is 235 g/mol. The van der Waals surface area contributed by atoms with Crippen molar-refractivity contribution in [1.82, 2.24) is 5.32 Å². The maximum Gasteiger partial charge on any atom is 0.239 e. The first-order chi connectivity index (χ1) is 8.63. The fraction of sp³-hybridized carbons (Fsp3) is 0.385. The van der Waals surface area contributed by atoms with Gasteiger partial charge in [0.15, 0.2) is 0 Å². The van der Waals surface area contributed by atoms with Crippen LogP contribution in [0.15, 0.2) is 24.3 Å². The standard InChI is InChI=1S/C13H15FN2O2/c1-2-15-12(17)11-7-8-16(13(11)18)10-5-3-9(14)4-6-10/h3-6,11H,2,7-8H2,1H3,(H,15,17)/t11-/m1/s1. The van der Waals surface area contributed by atoms with Crippen molar-refractivity contribution in [1.29, 1.82) is 0 Å². The third-order valence-electron chi connectivity index (χ3n) is 3.01. The summed E-state index contributed by atoms with van der Waals surface area (Å²) in [6.45, 7) is 2.82. The van der Waals surface area contributed by atoms with E-state index in [0.717, 1.165) is 0 Å². The first-order valence-electron chi connectivity index (χ1n) is 5.98. The fourth-order valence-electron chi connectivity index (χ4n) is 2.10. The summed E-state index contributed by atoms with van der Waals surface area (Å²) in [7, 11) is 0. The van der Waals surface area contributed by atoms with Crippen molar-refractivity contribution < 1.29 is 14.0 Å². The van der Waals surface area contributed by atoms with Crippen LogP contribution in [0.2, 0.25) is 0 Å². The number of nitrogens with zero attached hydrogens (tertiary/aromatic N) is 1. The molecule has 4 nitrogen and oxygen atoms in total. The molecule has 1 aliphatic rings. The first-order valence-corrected chi connectivity index (χ1v) is 5.98. The van der Waals surface area contributed by atoms with Crippen LogP contribution in [0.25, 0.3) is 0 Å². The maximum absolute atomic E-state index is 12.8. The lowest BCUT2D eigenvalue weighted by Gasteiger charge is -2.16. The zero-order chi connectivity index (χ0) is 13.1. The van der Waals surface area contributed by atoms with E-state index in [-0.39, 0.29) is 17.6 Å². The molecule has 1 atom stereocenters. The molecule has 0 aliphatic carbocycles. The van der Waals surface area contributed by atoms with Gasteiger partial charge in [0.2, 0.25) is 11.8 Å². The fourth-order valence-corrected chi connectivity index (χ4v) is 2.10. The average Bonchev–Trinajstić information content (AvgIpc) is 2.73. The summed E-state index contributed by atoms with van der Waals surface area (Å²) in [6.07, 6.45) is 0.502. The summed E-state index contributed by atoms with van der Waals surface area (Å²) in [5, 5.41) is 2.65. The molecule has 0 radical (unpaired) electrons. The molecule has 1 N–H and O–H groups in total. The van der Waals surface area contributed by atoms with Crippen molar-refractivity contribution in [3.05, 3.63) is 30.1 Å². The van der Waals surface area contributed by atoms with Crippen LogP contribution < -0.4 is 10.2 Å². The predicted octanol–water partition coefficient (Wildman–Crippen LogP) is 1.31. The second-order valence-corrected chi connectivity index (χ2v) is 4.20. The molecule has 1 heterocycles. The largest absolute Gasteiger partial charge is 0.356 e. The number of anilines is 1. The lowest BCUT2D eigenvalue weighted by atomic mass is 10.1. The molecule has 0 spiro atoms. The van der Waals surface area contributed by atoms with Gasteiger partial charge >= 0.3 is 0 Å². The van der Waals surface area contributed by atoms with Gasteiger partial charge in [0.25, 0.3) is 0 Å². The Labute approximate surface area is 105 Å². The molecule has 1 aliphatic heterocycles. The first kappa shape index (κ1) is 12.5. The van der Waals surface area contributed by atoms with E-state index in [1.807, 2.05) is 6.92 Å². The van der Waals surface area contributed by atoms with Crippen molar-refractivity contribution in [2.75, 3.05) is 18.0 Å². The third kappa shape index (κ3) is 2.34. The third-order valence-corrected chi connectivity index (χ3v) is 3.01. The minimum Gasteiger partial charge on any atom is -0.356 e. The number of hydrogen-bond donors (Lipinski definition) is 1. The van der Waals surface area contributed by atoms with Crippen LogP contribution in [0.5, 0.6) is 0 Å². The molecule has 1 saturated heterocycles. The quantitative estimate of drug-likeness (QED) is 0.822. The molecule has 0 aromatic heterocycles. The van der Waals surface area contributed by atoms with Crippen LogP contribution in [-0.4, -0.2) is 24.9 Å². The molecule has 1 aromatic rings. The number of carbonyl (C=O) groups excluding carboxylic acids is 2. The van der Waals surface area contributed by atoms with E-state index in [0.29, 0.717) is 25.2 Å². The Morgan fingerprint density at radius 1 is 1.44 bits per heavy atom. The topological polar surface area (TPSA) is 49.4 Å². The van der Waals surface area contributed by atoms with E-state index in [2.05, 4.69) is 5.32 Å². The molecule has 2 rings (SSSR count). The summed E-state index contributed by atoms with van der Waals surface area (Å²) >= 11 is 0. The minimum absolute atomic E-state index is 0.215. The van der Waals surface area contributed by atoms with Crippen LogP contribution in [0.1, 0.15) is 13.3 Å². The Kier molecular flexibility index (Phi) is 3.60. The van der Waals surface area contributed by atoms with Crippen molar-refractivity contribution in [2.45, 2.75) is 13.3 Å². The van der Waals surface area contributed by atoms with Gasteiger partial charge < -0.3 is 10.2 Å². The Morgan fingerprint density at radius 2 is 2.11 bits per heavy atom. The molecule has 0 bridgehead atoms. The van der Waals surface area contributed by atoms with E-state index in [1.165, 1.54) is 17.0 Å². The van der Waals surface area contributed by atoms with E-state index < -0.39 is 5.92 Å². The van der Waals surface area contributed by atoms with Crippen LogP contribution in [0.4, 0.5) is 10.1 Å². The number of hydrogen-bond acceptors (Lipinski definition) is 2. The number of halogens is 1. The second-order valence-electron chi connectivity index (χ2n) is 4.20. The Balaban J connectivity index is 2.12. The van der Waals surface area contributed by atoms with Gasteiger partial charge in [-0.15, -0.1) is 0 Å². The summed E-state index contributed by atoms with van der Waals surface area (Å²) in [6, 6.07) is 5.71.